The fourth-order valence-electron chi connectivity index (χ4n) is 3.74. The van der Waals surface area contributed by atoms with E-state index >= 15 is 0 Å². The highest BCUT2D eigenvalue weighted by atomic mass is 32.2. The molecular weight excluding hydrogens is 366 g/mol. The largest absolute Gasteiger partial charge is 0.371 e. The van der Waals surface area contributed by atoms with Crippen molar-refractivity contribution in [3.8, 4) is 11.3 Å². The van der Waals surface area contributed by atoms with E-state index in [0.29, 0.717) is 5.56 Å². The smallest absolute Gasteiger partial charge is 0.171 e. The van der Waals surface area contributed by atoms with Crippen molar-refractivity contribution in [3.05, 3.63) is 42.1 Å². The Bertz CT molecular complexity index is 1030. The van der Waals surface area contributed by atoms with Gasteiger partial charge in [0.2, 0.25) is 0 Å². The number of nitrogens with zero attached hydrogens (tertiary/aromatic N) is 2. The highest BCUT2D eigenvalue weighted by Crippen LogP contribution is 2.33. The second-order valence-corrected chi connectivity index (χ2v) is 9.37. The van der Waals surface area contributed by atoms with Crippen molar-refractivity contribution < 1.29 is 4.79 Å². The van der Waals surface area contributed by atoms with Crippen LogP contribution in [0.2, 0.25) is 0 Å². The number of fused-ring (bicyclic) bond motifs is 1. The fourth-order valence-corrected chi connectivity index (χ4v) is 4.23. The third-order valence-corrected chi connectivity index (χ3v) is 6.05. The number of hydrogen-bond acceptors (Lipinski definition) is 4. The first kappa shape index (κ1) is 19.1. The minimum atomic E-state index is -0.436. The van der Waals surface area contributed by atoms with Gasteiger partial charge in [-0.25, -0.2) is 4.98 Å². The van der Waals surface area contributed by atoms with Gasteiger partial charge in [0.25, 0.3) is 0 Å². The van der Waals surface area contributed by atoms with Gasteiger partial charge >= 0.3 is 0 Å². The van der Waals surface area contributed by atoms with Crippen molar-refractivity contribution in [2.24, 2.45) is 5.41 Å². The number of rotatable bonds is 4. The second-order valence-electron chi connectivity index (χ2n) is 8.49. The Kier molecular flexibility index (Phi) is 4.96. The number of benzene rings is 1. The van der Waals surface area contributed by atoms with Crippen molar-refractivity contribution in [1.82, 2.24) is 9.97 Å². The van der Waals surface area contributed by atoms with Crippen LogP contribution in [0.5, 0.6) is 0 Å². The van der Waals surface area contributed by atoms with Gasteiger partial charge in [0.15, 0.2) is 5.78 Å². The zero-order valence-electron chi connectivity index (χ0n) is 17.0. The van der Waals surface area contributed by atoms with Crippen LogP contribution in [0, 0.1) is 5.41 Å². The highest BCUT2D eigenvalue weighted by molar-refractivity contribution is 7.98. The minimum Gasteiger partial charge on any atom is -0.371 e. The average molecular weight is 394 g/mol. The van der Waals surface area contributed by atoms with Gasteiger partial charge in [-0.05, 0) is 49.4 Å². The van der Waals surface area contributed by atoms with Crippen LogP contribution in [0.25, 0.3) is 22.3 Å². The average Bonchev–Trinajstić information content (AvgIpc) is 3.35. The Morgan fingerprint density at radius 1 is 1.14 bits per heavy atom. The van der Waals surface area contributed by atoms with Crippen LogP contribution in [-0.4, -0.2) is 35.1 Å². The lowest BCUT2D eigenvalue weighted by Gasteiger charge is -2.19. The number of pyridine rings is 1. The molecule has 0 radical (unpaired) electrons. The molecule has 3 heterocycles. The molecule has 4 nitrogen and oxygen atoms in total. The summed E-state index contributed by atoms with van der Waals surface area (Å²) in [7, 11) is 0. The van der Waals surface area contributed by atoms with Crippen LogP contribution < -0.4 is 4.90 Å². The Morgan fingerprint density at radius 2 is 1.89 bits per heavy atom. The molecule has 0 atom stereocenters. The lowest BCUT2D eigenvalue weighted by Crippen LogP contribution is -2.20. The van der Waals surface area contributed by atoms with Crippen LogP contribution in [0.15, 0.2) is 41.4 Å². The Hall–Kier alpha value is -2.27. The van der Waals surface area contributed by atoms with Gasteiger partial charge in [-0.2, -0.15) is 0 Å². The van der Waals surface area contributed by atoms with Crippen molar-refractivity contribution >= 4 is 34.3 Å². The van der Waals surface area contributed by atoms with Crippen molar-refractivity contribution in [2.75, 3.05) is 24.2 Å². The minimum absolute atomic E-state index is 0.110. The molecule has 1 fully saturated rings. The van der Waals surface area contributed by atoms with Crippen LogP contribution in [0.1, 0.15) is 44.0 Å². The number of nitrogens with one attached hydrogen (secondary N) is 1. The summed E-state index contributed by atoms with van der Waals surface area (Å²) in [6, 6.07) is 10.8. The second kappa shape index (κ2) is 7.28. The number of thioether (sulfide) groups is 1. The first-order valence-electron chi connectivity index (χ1n) is 9.84. The molecule has 5 heteroatoms. The maximum atomic E-state index is 12.8. The van der Waals surface area contributed by atoms with Gasteiger partial charge in [0.05, 0.1) is 22.3 Å². The topological polar surface area (TPSA) is 49.0 Å². The maximum Gasteiger partial charge on any atom is 0.171 e. The third kappa shape index (κ3) is 3.55. The number of aromatic amines is 1. The molecule has 2 aromatic heterocycles. The van der Waals surface area contributed by atoms with Gasteiger partial charge in [0, 0.05) is 40.8 Å². The fraction of sp³-hybridized carbons (Fsp3) is 0.391. The lowest BCUT2D eigenvalue weighted by molar-refractivity contribution is 0.0860. The predicted octanol–water partition coefficient (Wildman–Crippen LogP) is 5.78. The van der Waals surface area contributed by atoms with Crippen LogP contribution in [-0.2, 0) is 0 Å². The van der Waals surface area contributed by atoms with E-state index in [1.807, 2.05) is 32.9 Å². The van der Waals surface area contributed by atoms with Crippen LogP contribution in [0.3, 0.4) is 0 Å². The number of Topliss-reactive ketones (excluding diaryl/α,β-unsaturated/α-hetero) is 1. The van der Waals surface area contributed by atoms with E-state index in [1.54, 1.807) is 18.0 Å². The number of carbonyl (C=O) groups excluding carboxylic acids is 1. The number of hydrogen-bond donors (Lipinski definition) is 1. The molecule has 1 aliphatic rings. The van der Waals surface area contributed by atoms with Gasteiger partial charge in [-0.15, -0.1) is 11.8 Å². The summed E-state index contributed by atoms with van der Waals surface area (Å²) in [6.45, 7) is 8.07. The van der Waals surface area contributed by atoms with E-state index in [0.717, 1.165) is 35.4 Å². The number of anilines is 1. The standard InChI is InChI=1S/C23H27N3OS/c1-23(2,3)22(27)18-14-24-20-8-7-19(25-21(18)20)15-11-16(13-17(12-15)28-4)26-9-5-6-10-26/h7-8,11-14,24H,5-6,9-10H2,1-4H3. The van der Waals surface area contributed by atoms with E-state index in [9.17, 15) is 4.79 Å². The molecule has 28 heavy (non-hydrogen) atoms. The summed E-state index contributed by atoms with van der Waals surface area (Å²) in [5.41, 5.74) is 5.17. The molecule has 0 amide bonds. The SMILES string of the molecule is CSc1cc(-c2ccc3[nH]cc(C(=O)C(C)(C)C)c3n2)cc(N2CCCC2)c1. The molecule has 1 N–H and O–H groups in total. The Balaban J connectivity index is 1.80. The number of H-pyrrole nitrogens is 1. The summed E-state index contributed by atoms with van der Waals surface area (Å²) in [6.07, 6.45) is 6.41. The molecular formula is C23H27N3OS. The van der Waals surface area contributed by atoms with Crippen molar-refractivity contribution in [1.29, 1.82) is 0 Å². The van der Waals surface area contributed by atoms with Gasteiger partial charge in [0.1, 0.15) is 0 Å². The van der Waals surface area contributed by atoms with Gasteiger partial charge < -0.3 is 9.88 Å². The molecule has 0 aliphatic carbocycles. The normalized spacial score (nSPS) is 14.8. The molecule has 0 spiro atoms. The van der Waals surface area contributed by atoms with Gasteiger partial charge in [-0.3, -0.25) is 4.79 Å². The number of aromatic nitrogens is 2. The van der Waals surface area contributed by atoms with Crippen molar-refractivity contribution in [2.45, 2.75) is 38.5 Å². The molecule has 1 aliphatic heterocycles. The zero-order valence-corrected chi connectivity index (χ0v) is 17.8. The van der Waals surface area contributed by atoms with Crippen molar-refractivity contribution in [3.63, 3.8) is 0 Å². The first-order valence-corrected chi connectivity index (χ1v) is 11.1. The maximum absolute atomic E-state index is 12.8. The lowest BCUT2D eigenvalue weighted by atomic mass is 9.87. The molecule has 0 saturated carbocycles. The molecule has 1 aromatic carbocycles. The van der Waals surface area contributed by atoms with E-state index in [4.69, 9.17) is 4.98 Å². The molecule has 3 aromatic rings. The highest BCUT2D eigenvalue weighted by Gasteiger charge is 2.26. The van der Waals surface area contributed by atoms with Crippen LogP contribution >= 0.6 is 11.8 Å². The van der Waals surface area contributed by atoms with E-state index in [1.165, 1.54) is 23.4 Å². The summed E-state index contributed by atoms with van der Waals surface area (Å²) < 4.78 is 0. The Morgan fingerprint density at radius 3 is 2.57 bits per heavy atom. The zero-order chi connectivity index (χ0) is 19.9. The predicted molar refractivity (Wildman–Crippen MR) is 119 cm³/mol. The monoisotopic (exact) mass is 393 g/mol. The molecule has 0 bridgehead atoms. The number of carbonyl (C=O) groups is 1. The molecule has 4 rings (SSSR count). The third-order valence-electron chi connectivity index (χ3n) is 5.34. The summed E-state index contributed by atoms with van der Waals surface area (Å²) in [5.74, 6) is 0.110. The first-order chi connectivity index (χ1) is 13.4. The Labute approximate surface area is 170 Å². The van der Waals surface area contributed by atoms with E-state index < -0.39 is 5.41 Å². The summed E-state index contributed by atoms with van der Waals surface area (Å²) in [5, 5.41) is 0. The quantitative estimate of drug-likeness (QED) is 0.451. The number of ketones is 1. The van der Waals surface area contributed by atoms with E-state index in [-0.39, 0.29) is 5.78 Å². The van der Waals surface area contributed by atoms with E-state index in [2.05, 4.69) is 34.3 Å². The molecule has 146 valence electrons. The summed E-state index contributed by atoms with van der Waals surface area (Å²) in [4.78, 5) is 24.6. The van der Waals surface area contributed by atoms with Gasteiger partial charge in [-0.1, -0.05) is 20.8 Å². The van der Waals surface area contributed by atoms with Crippen LogP contribution in [0.4, 0.5) is 5.69 Å². The molecule has 0 unspecified atom stereocenters. The molecule has 1 saturated heterocycles. The summed E-state index contributed by atoms with van der Waals surface area (Å²) >= 11 is 1.75.